The zero-order valence-electron chi connectivity index (χ0n) is 10.0. The summed E-state index contributed by atoms with van der Waals surface area (Å²) in [6.07, 6.45) is -4.34. The summed E-state index contributed by atoms with van der Waals surface area (Å²) in [5.74, 6) is -1.78. The summed E-state index contributed by atoms with van der Waals surface area (Å²) in [5.41, 5.74) is -1.69. The Hall–Kier alpha value is -1.30. The number of benzene rings is 1. The zero-order valence-corrected chi connectivity index (χ0v) is 10.8. The molecule has 0 aliphatic carbocycles. The van der Waals surface area contributed by atoms with Gasteiger partial charge in [-0.3, -0.25) is 4.79 Å². The number of hydrogen-bond acceptors (Lipinski definition) is 1. The number of amides is 1. The van der Waals surface area contributed by atoms with Gasteiger partial charge in [-0.1, -0.05) is 0 Å². The molecular formula is C12H12ClF4NO. The lowest BCUT2D eigenvalue weighted by Gasteiger charge is -2.14. The summed E-state index contributed by atoms with van der Waals surface area (Å²) < 4.78 is 50.5. The smallest absolute Gasteiger partial charge is 0.350 e. The van der Waals surface area contributed by atoms with Crippen molar-refractivity contribution in [3.8, 4) is 0 Å². The number of carbonyl (C=O) groups is 1. The number of halogens is 5. The van der Waals surface area contributed by atoms with E-state index in [0.717, 1.165) is 6.07 Å². The Balaban J connectivity index is 2.93. The van der Waals surface area contributed by atoms with Crippen molar-refractivity contribution in [2.24, 2.45) is 0 Å². The molecule has 0 heterocycles. The zero-order chi connectivity index (χ0) is 14.6. The van der Waals surface area contributed by atoms with Crippen LogP contribution in [0.2, 0.25) is 0 Å². The fraction of sp³-hybridized carbons (Fsp3) is 0.417. The molecule has 1 rings (SSSR count). The van der Waals surface area contributed by atoms with Gasteiger partial charge in [-0.2, -0.15) is 13.2 Å². The Morgan fingerprint density at radius 2 is 2.05 bits per heavy atom. The van der Waals surface area contributed by atoms with Crippen LogP contribution in [0.3, 0.4) is 0 Å². The minimum absolute atomic E-state index is 0.241. The van der Waals surface area contributed by atoms with E-state index in [1.807, 2.05) is 0 Å². The van der Waals surface area contributed by atoms with E-state index in [2.05, 4.69) is 5.32 Å². The number of carbonyl (C=O) groups excluding carboxylic acids is 1. The predicted molar refractivity (Wildman–Crippen MR) is 63.7 cm³/mol. The van der Waals surface area contributed by atoms with E-state index in [9.17, 15) is 22.4 Å². The van der Waals surface area contributed by atoms with Crippen molar-refractivity contribution in [3.05, 3.63) is 35.1 Å². The van der Waals surface area contributed by atoms with E-state index in [1.165, 1.54) is 0 Å². The quantitative estimate of drug-likeness (QED) is 0.668. The molecule has 0 spiro atoms. The molecule has 1 aromatic carbocycles. The molecule has 0 aliphatic rings. The molecule has 0 radical (unpaired) electrons. The van der Waals surface area contributed by atoms with Gasteiger partial charge in [0.05, 0.1) is 5.56 Å². The van der Waals surface area contributed by atoms with Crippen LogP contribution in [0.1, 0.15) is 29.3 Å². The third-order valence-corrected chi connectivity index (χ3v) is 2.67. The van der Waals surface area contributed by atoms with Crippen molar-refractivity contribution in [1.29, 1.82) is 0 Å². The molecule has 2 nitrogen and oxygen atoms in total. The monoisotopic (exact) mass is 297 g/mol. The molecule has 19 heavy (non-hydrogen) atoms. The van der Waals surface area contributed by atoms with Crippen molar-refractivity contribution in [2.45, 2.75) is 25.6 Å². The molecule has 0 saturated heterocycles. The largest absolute Gasteiger partial charge is 0.419 e. The second kappa shape index (κ2) is 6.23. The maximum atomic E-state index is 13.0. The van der Waals surface area contributed by atoms with Crippen LogP contribution in [0.25, 0.3) is 0 Å². The molecule has 0 bridgehead atoms. The second-order valence-electron chi connectivity index (χ2n) is 4.04. The Bertz CT molecular complexity index is 462. The molecule has 1 amide bonds. The van der Waals surface area contributed by atoms with Gasteiger partial charge in [0.1, 0.15) is 5.82 Å². The van der Waals surface area contributed by atoms with Gasteiger partial charge in [0.2, 0.25) is 0 Å². The van der Waals surface area contributed by atoms with Gasteiger partial charge >= 0.3 is 6.18 Å². The van der Waals surface area contributed by atoms with Crippen LogP contribution >= 0.6 is 11.6 Å². The predicted octanol–water partition coefficient (Wildman–Crippen LogP) is 3.59. The molecule has 0 fully saturated rings. The van der Waals surface area contributed by atoms with Crippen molar-refractivity contribution in [1.82, 2.24) is 5.32 Å². The lowest BCUT2D eigenvalue weighted by molar-refractivity contribution is -0.140. The van der Waals surface area contributed by atoms with Crippen LogP contribution < -0.4 is 5.32 Å². The third-order valence-electron chi connectivity index (χ3n) is 2.45. The van der Waals surface area contributed by atoms with E-state index in [-0.39, 0.29) is 11.6 Å². The van der Waals surface area contributed by atoms with E-state index < -0.39 is 23.5 Å². The number of rotatable bonds is 4. The van der Waals surface area contributed by atoms with Gasteiger partial charge in [-0.05, 0) is 31.5 Å². The first-order valence-corrected chi connectivity index (χ1v) is 6.02. The maximum Gasteiger partial charge on any atom is 0.419 e. The summed E-state index contributed by atoms with van der Waals surface area (Å²) in [7, 11) is 0. The highest BCUT2D eigenvalue weighted by molar-refractivity contribution is 6.17. The average Bonchev–Trinajstić information content (AvgIpc) is 2.27. The molecule has 0 saturated carbocycles. The molecule has 0 aliphatic heterocycles. The average molecular weight is 298 g/mol. The van der Waals surface area contributed by atoms with Gasteiger partial charge < -0.3 is 5.32 Å². The van der Waals surface area contributed by atoms with E-state index in [0.29, 0.717) is 24.4 Å². The lowest BCUT2D eigenvalue weighted by atomic mass is 10.1. The van der Waals surface area contributed by atoms with Crippen LogP contribution in [0.15, 0.2) is 18.2 Å². The van der Waals surface area contributed by atoms with Gasteiger partial charge in [0, 0.05) is 17.5 Å². The van der Waals surface area contributed by atoms with Gasteiger partial charge in [0.15, 0.2) is 0 Å². The van der Waals surface area contributed by atoms with E-state index in [1.54, 1.807) is 6.92 Å². The fourth-order valence-electron chi connectivity index (χ4n) is 1.43. The number of alkyl halides is 4. The molecule has 1 N–H and O–H groups in total. The molecule has 106 valence electrons. The normalized spacial score (nSPS) is 13.2. The van der Waals surface area contributed by atoms with Gasteiger partial charge in [-0.15, -0.1) is 11.6 Å². The van der Waals surface area contributed by atoms with Crippen LogP contribution in [-0.2, 0) is 6.18 Å². The Kier molecular flexibility index (Phi) is 5.17. The standard InChI is InChI=1S/C12H12ClF4NO/c1-7(4-5-13)18-11(19)8-2-3-10(14)9(6-8)12(15,16)17/h2-3,6-7H,4-5H2,1H3,(H,18,19). The van der Waals surface area contributed by atoms with Gasteiger partial charge in [-0.25, -0.2) is 4.39 Å². The van der Waals surface area contributed by atoms with Crippen molar-refractivity contribution in [3.63, 3.8) is 0 Å². The van der Waals surface area contributed by atoms with Crippen LogP contribution in [0, 0.1) is 5.82 Å². The first kappa shape index (κ1) is 15.8. The van der Waals surface area contributed by atoms with E-state index >= 15 is 0 Å². The summed E-state index contributed by atoms with van der Waals surface area (Å²) in [6, 6.07) is 1.86. The molecule has 7 heteroatoms. The third kappa shape index (κ3) is 4.38. The van der Waals surface area contributed by atoms with Crippen molar-refractivity contribution in [2.75, 3.05) is 5.88 Å². The minimum atomic E-state index is -4.83. The highest BCUT2D eigenvalue weighted by Gasteiger charge is 2.34. The molecule has 1 atom stereocenters. The second-order valence-corrected chi connectivity index (χ2v) is 4.42. The lowest BCUT2D eigenvalue weighted by Crippen LogP contribution is -2.33. The Morgan fingerprint density at radius 1 is 1.42 bits per heavy atom. The molecule has 1 unspecified atom stereocenters. The molecular weight excluding hydrogens is 286 g/mol. The van der Waals surface area contributed by atoms with Crippen LogP contribution in [-0.4, -0.2) is 17.8 Å². The topological polar surface area (TPSA) is 29.1 Å². The number of hydrogen-bond donors (Lipinski definition) is 1. The summed E-state index contributed by atoms with van der Waals surface area (Å²) in [6.45, 7) is 1.68. The fourth-order valence-corrected chi connectivity index (χ4v) is 1.75. The van der Waals surface area contributed by atoms with Crippen LogP contribution in [0.4, 0.5) is 17.6 Å². The maximum absolute atomic E-state index is 13.0. The summed E-state index contributed by atoms with van der Waals surface area (Å²) in [5, 5.41) is 2.48. The SMILES string of the molecule is CC(CCCl)NC(=O)c1ccc(F)c(C(F)(F)F)c1. The first-order valence-electron chi connectivity index (χ1n) is 5.49. The Morgan fingerprint density at radius 3 is 2.58 bits per heavy atom. The highest BCUT2D eigenvalue weighted by atomic mass is 35.5. The Labute approximate surface area is 112 Å². The summed E-state index contributed by atoms with van der Waals surface area (Å²) in [4.78, 5) is 11.7. The minimum Gasteiger partial charge on any atom is -0.350 e. The van der Waals surface area contributed by atoms with Crippen LogP contribution in [0.5, 0.6) is 0 Å². The van der Waals surface area contributed by atoms with Crippen molar-refractivity contribution < 1.29 is 22.4 Å². The summed E-state index contributed by atoms with van der Waals surface area (Å²) >= 11 is 5.48. The molecule has 1 aromatic rings. The first-order chi connectivity index (χ1) is 8.75. The van der Waals surface area contributed by atoms with Gasteiger partial charge in [0.25, 0.3) is 5.91 Å². The molecule has 0 aromatic heterocycles. The van der Waals surface area contributed by atoms with Crippen molar-refractivity contribution >= 4 is 17.5 Å². The highest BCUT2D eigenvalue weighted by Crippen LogP contribution is 2.31. The number of nitrogens with one attached hydrogen (secondary N) is 1. The van der Waals surface area contributed by atoms with E-state index in [4.69, 9.17) is 11.6 Å².